The standard InChI is InChI=1S/C15H23N/c1-4-15(11-12-16(2)3)10-9-13-7-5-6-8-14(13)15/h5-8H,4,9-12H2,1-3H3. The van der Waals surface area contributed by atoms with E-state index in [1.165, 1.54) is 32.2 Å². The van der Waals surface area contributed by atoms with Gasteiger partial charge < -0.3 is 4.90 Å². The molecule has 0 spiro atoms. The van der Waals surface area contributed by atoms with Gasteiger partial charge in [-0.15, -0.1) is 0 Å². The number of benzene rings is 1. The van der Waals surface area contributed by atoms with E-state index in [1.54, 1.807) is 11.1 Å². The second-order valence-corrected chi connectivity index (χ2v) is 5.34. The molecule has 1 heteroatoms. The Balaban J connectivity index is 2.23. The maximum atomic E-state index is 2.35. The van der Waals surface area contributed by atoms with E-state index in [4.69, 9.17) is 0 Å². The Kier molecular flexibility index (Phi) is 3.34. The van der Waals surface area contributed by atoms with Gasteiger partial charge in [0.05, 0.1) is 0 Å². The monoisotopic (exact) mass is 217 g/mol. The second-order valence-electron chi connectivity index (χ2n) is 5.34. The zero-order chi connectivity index (χ0) is 11.6. The summed E-state index contributed by atoms with van der Waals surface area (Å²) >= 11 is 0. The maximum absolute atomic E-state index is 2.35. The van der Waals surface area contributed by atoms with Gasteiger partial charge in [0, 0.05) is 0 Å². The molecule has 1 aliphatic carbocycles. The number of aryl methyl sites for hydroxylation is 1. The smallest absolute Gasteiger partial charge is 0.00163 e. The van der Waals surface area contributed by atoms with Crippen LogP contribution in [0.25, 0.3) is 0 Å². The van der Waals surface area contributed by atoms with Gasteiger partial charge in [0.25, 0.3) is 0 Å². The maximum Gasteiger partial charge on any atom is -0.00163 e. The van der Waals surface area contributed by atoms with Gasteiger partial charge in [-0.2, -0.15) is 0 Å². The van der Waals surface area contributed by atoms with Crippen LogP contribution in [0.3, 0.4) is 0 Å². The fourth-order valence-corrected chi connectivity index (χ4v) is 3.01. The van der Waals surface area contributed by atoms with Crippen LogP contribution in [0.2, 0.25) is 0 Å². The van der Waals surface area contributed by atoms with Gasteiger partial charge in [0.15, 0.2) is 0 Å². The average molecular weight is 217 g/mol. The molecule has 0 aromatic heterocycles. The van der Waals surface area contributed by atoms with Crippen molar-refractivity contribution >= 4 is 0 Å². The molecular weight excluding hydrogens is 194 g/mol. The fourth-order valence-electron chi connectivity index (χ4n) is 3.01. The van der Waals surface area contributed by atoms with E-state index in [1.807, 2.05) is 0 Å². The number of rotatable bonds is 4. The third-order valence-corrected chi connectivity index (χ3v) is 4.18. The van der Waals surface area contributed by atoms with Crippen molar-refractivity contribution in [2.24, 2.45) is 0 Å². The van der Waals surface area contributed by atoms with E-state index >= 15 is 0 Å². The molecule has 1 aromatic carbocycles. The number of hydrogen-bond acceptors (Lipinski definition) is 1. The lowest BCUT2D eigenvalue weighted by Crippen LogP contribution is -2.28. The number of fused-ring (bicyclic) bond motifs is 1. The summed E-state index contributed by atoms with van der Waals surface area (Å²) in [5.74, 6) is 0. The summed E-state index contributed by atoms with van der Waals surface area (Å²) in [5, 5.41) is 0. The first-order chi connectivity index (χ1) is 7.68. The van der Waals surface area contributed by atoms with Crippen molar-refractivity contribution in [3.63, 3.8) is 0 Å². The van der Waals surface area contributed by atoms with Gasteiger partial charge in [0.2, 0.25) is 0 Å². The Morgan fingerprint density at radius 1 is 1.25 bits per heavy atom. The molecule has 88 valence electrons. The van der Waals surface area contributed by atoms with Crippen molar-refractivity contribution < 1.29 is 0 Å². The molecular formula is C15H23N. The molecule has 1 nitrogen and oxygen atoms in total. The van der Waals surface area contributed by atoms with Gasteiger partial charge in [-0.25, -0.2) is 0 Å². The molecule has 1 aliphatic rings. The first-order valence-corrected chi connectivity index (χ1v) is 6.41. The summed E-state index contributed by atoms with van der Waals surface area (Å²) < 4.78 is 0. The van der Waals surface area contributed by atoms with Crippen LogP contribution >= 0.6 is 0 Å². The summed E-state index contributed by atoms with van der Waals surface area (Å²) in [6.45, 7) is 3.54. The molecule has 0 fully saturated rings. The molecule has 0 saturated carbocycles. The molecule has 0 heterocycles. The Morgan fingerprint density at radius 2 is 2.00 bits per heavy atom. The van der Waals surface area contributed by atoms with E-state index in [0.29, 0.717) is 5.41 Å². The quantitative estimate of drug-likeness (QED) is 0.748. The largest absolute Gasteiger partial charge is 0.309 e. The number of hydrogen-bond donors (Lipinski definition) is 0. The van der Waals surface area contributed by atoms with Crippen molar-refractivity contribution in [2.45, 2.75) is 38.0 Å². The van der Waals surface area contributed by atoms with Crippen LogP contribution in [0.5, 0.6) is 0 Å². The Bertz CT molecular complexity index is 356. The minimum Gasteiger partial charge on any atom is -0.309 e. The molecule has 1 unspecified atom stereocenters. The lowest BCUT2D eigenvalue weighted by atomic mass is 9.76. The van der Waals surface area contributed by atoms with Crippen molar-refractivity contribution in [1.82, 2.24) is 4.90 Å². The van der Waals surface area contributed by atoms with E-state index in [2.05, 4.69) is 50.2 Å². The van der Waals surface area contributed by atoms with Gasteiger partial charge >= 0.3 is 0 Å². The highest BCUT2D eigenvalue weighted by Gasteiger charge is 2.36. The van der Waals surface area contributed by atoms with Crippen LogP contribution in [0, 0.1) is 0 Å². The average Bonchev–Trinajstić information content (AvgIpc) is 2.66. The zero-order valence-electron chi connectivity index (χ0n) is 10.8. The Morgan fingerprint density at radius 3 is 2.69 bits per heavy atom. The van der Waals surface area contributed by atoms with Crippen LogP contribution in [0.4, 0.5) is 0 Å². The van der Waals surface area contributed by atoms with Crippen molar-refractivity contribution in [1.29, 1.82) is 0 Å². The molecule has 0 saturated heterocycles. The van der Waals surface area contributed by atoms with E-state index in [0.717, 1.165) is 0 Å². The van der Waals surface area contributed by atoms with E-state index < -0.39 is 0 Å². The first kappa shape index (κ1) is 11.7. The lowest BCUT2D eigenvalue weighted by molar-refractivity contribution is 0.303. The lowest BCUT2D eigenvalue weighted by Gasteiger charge is -2.30. The van der Waals surface area contributed by atoms with Crippen molar-refractivity contribution in [3.05, 3.63) is 35.4 Å². The van der Waals surface area contributed by atoms with E-state index in [9.17, 15) is 0 Å². The normalized spacial score (nSPS) is 23.8. The molecule has 0 amide bonds. The molecule has 0 radical (unpaired) electrons. The molecule has 0 aliphatic heterocycles. The highest BCUT2D eigenvalue weighted by molar-refractivity contribution is 5.39. The molecule has 16 heavy (non-hydrogen) atoms. The van der Waals surface area contributed by atoms with E-state index in [-0.39, 0.29) is 0 Å². The molecule has 2 rings (SSSR count). The predicted molar refractivity (Wildman–Crippen MR) is 69.9 cm³/mol. The zero-order valence-corrected chi connectivity index (χ0v) is 10.8. The SMILES string of the molecule is CCC1(CCN(C)C)CCc2ccccc21. The Hall–Kier alpha value is -0.820. The minimum absolute atomic E-state index is 0.459. The summed E-state index contributed by atoms with van der Waals surface area (Å²) in [5.41, 5.74) is 3.67. The van der Waals surface area contributed by atoms with Gasteiger partial charge in [-0.05, 0) is 62.9 Å². The number of nitrogens with zero attached hydrogens (tertiary/aromatic N) is 1. The highest BCUT2D eigenvalue weighted by Crippen LogP contribution is 2.43. The summed E-state index contributed by atoms with van der Waals surface area (Å²) in [6.07, 6.45) is 5.19. The van der Waals surface area contributed by atoms with Crippen LogP contribution in [-0.4, -0.2) is 25.5 Å². The Labute approximate surface area is 99.5 Å². The molecule has 0 N–H and O–H groups in total. The first-order valence-electron chi connectivity index (χ1n) is 6.41. The van der Waals surface area contributed by atoms with Crippen LogP contribution in [0.15, 0.2) is 24.3 Å². The van der Waals surface area contributed by atoms with Gasteiger partial charge in [-0.3, -0.25) is 0 Å². The summed E-state index contributed by atoms with van der Waals surface area (Å²) in [4.78, 5) is 2.30. The van der Waals surface area contributed by atoms with Crippen molar-refractivity contribution in [2.75, 3.05) is 20.6 Å². The second kappa shape index (κ2) is 4.58. The minimum atomic E-state index is 0.459. The molecule has 1 atom stereocenters. The van der Waals surface area contributed by atoms with Crippen molar-refractivity contribution in [3.8, 4) is 0 Å². The van der Waals surface area contributed by atoms with Gasteiger partial charge in [0.1, 0.15) is 0 Å². The third kappa shape index (κ3) is 2.01. The topological polar surface area (TPSA) is 3.24 Å². The van der Waals surface area contributed by atoms with Crippen LogP contribution in [0.1, 0.15) is 37.3 Å². The summed E-state index contributed by atoms with van der Waals surface area (Å²) in [6, 6.07) is 9.03. The fraction of sp³-hybridized carbons (Fsp3) is 0.600. The van der Waals surface area contributed by atoms with Gasteiger partial charge in [-0.1, -0.05) is 31.2 Å². The van der Waals surface area contributed by atoms with Crippen LogP contribution < -0.4 is 0 Å². The highest BCUT2D eigenvalue weighted by atomic mass is 15.0. The molecule has 1 aromatic rings. The van der Waals surface area contributed by atoms with Crippen LogP contribution in [-0.2, 0) is 11.8 Å². The third-order valence-electron chi connectivity index (χ3n) is 4.18. The molecule has 0 bridgehead atoms. The predicted octanol–water partition coefficient (Wildman–Crippen LogP) is 3.23. The summed E-state index contributed by atoms with van der Waals surface area (Å²) in [7, 11) is 4.34.